The van der Waals surface area contributed by atoms with E-state index in [-0.39, 0.29) is 30.2 Å². The number of ether oxygens (including phenoxy) is 1. The van der Waals surface area contributed by atoms with Crippen molar-refractivity contribution in [3.63, 3.8) is 0 Å². The fourth-order valence-electron chi connectivity index (χ4n) is 4.28. The van der Waals surface area contributed by atoms with Crippen LogP contribution in [0.2, 0.25) is 0 Å². The number of aryl methyl sites for hydroxylation is 1. The maximum atomic E-state index is 13.3. The maximum Gasteiger partial charge on any atom is 0.269 e. The predicted octanol–water partition coefficient (Wildman–Crippen LogP) is 4.19. The highest BCUT2D eigenvalue weighted by Gasteiger charge is 2.26. The number of carbonyl (C=O) groups is 2. The summed E-state index contributed by atoms with van der Waals surface area (Å²) in [5.41, 5.74) is 3.41. The van der Waals surface area contributed by atoms with E-state index in [0.717, 1.165) is 24.2 Å². The Balaban J connectivity index is 1.43. The van der Waals surface area contributed by atoms with Gasteiger partial charge in [0.25, 0.3) is 17.5 Å². The third kappa shape index (κ3) is 5.95. The number of hydrogen-bond acceptors (Lipinski definition) is 6. The molecule has 3 aromatic carbocycles. The lowest BCUT2D eigenvalue weighted by Gasteiger charge is -2.34. The second-order valence-electron chi connectivity index (χ2n) is 9.16. The number of anilines is 1. The quantitative estimate of drug-likeness (QED) is 0.384. The minimum atomic E-state index is -0.502. The zero-order valence-corrected chi connectivity index (χ0v) is 21.1. The first-order chi connectivity index (χ1) is 17.7. The van der Waals surface area contributed by atoms with Gasteiger partial charge in [0.2, 0.25) is 0 Å². The van der Waals surface area contributed by atoms with Crippen molar-refractivity contribution in [3.8, 4) is 5.75 Å². The summed E-state index contributed by atoms with van der Waals surface area (Å²) in [5, 5.41) is 14.2. The molecule has 0 aliphatic carbocycles. The van der Waals surface area contributed by atoms with Gasteiger partial charge in [0.1, 0.15) is 12.4 Å². The number of nitrogens with one attached hydrogen (secondary N) is 1. The summed E-state index contributed by atoms with van der Waals surface area (Å²) < 4.78 is 6.00. The van der Waals surface area contributed by atoms with E-state index in [4.69, 9.17) is 4.74 Å². The highest BCUT2D eigenvalue weighted by atomic mass is 16.6. The van der Waals surface area contributed by atoms with Crippen LogP contribution in [0.3, 0.4) is 0 Å². The standard InChI is InChI=1S/C28H30N4O5/c1-19-4-5-22(26(16-19)28(34)31-15-14-29-17-20(31)2)18-37-25-12-10-23(11-13-25)30(3)27(33)21-6-8-24(9-7-21)32(35)36/h4-13,16,20,29H,14-15,17-18H2,1-3H3. The topological polar surface area (TPSA) is 105 Å². The lowest BCUT2D eigenvalue weighted by Crippen LogP contribution is -2.52. The lowest BCUT2D eigenvalue weighted by molar-refractivity contribution is -0.384. The van der Waals surface area contributed by atoms with Crippen molar-refractivity contribution >= 4 is 23.2 Å². The SMILES string of the molecule is Cc1ccc(COc2ccc(N(C)C(=O)c3ccc([N+](=O)[O-])cc3)cc2)c(C(=O)N2CCNCC2C)c1. The number of non-ortho nitro benzene ring substituents is 1. The normalized spacial score (nSPS) is 15.2. The average molecular weight is 503 g/mol. The molecule has 1 aliphatic rings. The number of hydrogen-bond donors (Lipinski definition) is 1. The molecule has 37 heavy (non-hydrogen) atoms. The number of rotatable bonds is 7. The van der Waals surface area contributed by atoms with Gasteiger partial charge < -0.3 is 19.9 Å². The molecule has 2 amide bonds. The van der Waals surface area contributed by atoms with Crippen LogP contribution in [0, 0.1) is 17.0 Å². The van der Waals surface area contributed by atoms with Crippen molar-refractivity contribution in [1.82, 2.24) is 10.2 Å². The van der Waals surface area contributed by atoms with E-state index in [9.17, 15) is 19.7 Å². The monoisotopic (exact) mass is 502 g/mol. The van der Waals surface area contributed by atoms with Crippen LogP contribution in [0.5, 0.6) is 5.75 Å². The van der Waals surface area contributed by atoms with Crippen molar-refractivity contribution < 1.29 is 19.2 Å². The zero-order chi connectivity index (χ0) is 26.5. The van der Waals surface area contributed by atoms with Crippen molar-refractivity contribution in [2.45, 2.75) is 26.5 Å². The Bertz CT molecular complexity index is 1290. The van der Waals surface area contributed by atoms with Crippen LogP contribution in [-0.2, 0) is 6.61 Å². The van der Waals surface area contributed by atoms with Gasteiger partial charge in [0.05, 0.1) is 4.92 Å². The molecule has 1 unspecified atom stereocenters. The van der Waals surface area contributed by atoms with Crippen LogP contribution in [-0.4, -0.2) is 54.4 Å². The van der Waals surface area contributed by atoms with Gasteiger partial charge >= 0.3 is 0 Å². The fraction of sp³-hybridized carbons (Fsp3) is 0.286. The Labute approximate surface area is 215 Å². The maximum absolute atomic E-state index is 13.3. The van der Waals surface area contributed by atoms with Gasteiger partial charge in [-0.15, -0.1) is 0 Å². The molecule has 4 rings (SSSR count). The Morgan fingerprint density at radius 3 is 2.46 bits per heavy atom. The van der Waals surface area contributed by atoms with E-state index >= 15 is 0 Å². The summed E-state index contributed by atoms with van der Waals surface area (Å²) >= 11 is 0. The van der Waals surface area contributed by atoms with Crippen LogP contribution >= 0.6 is 0 Å². The largest absolute Gasteiger partial charge is 0.489 e. The summed E-state index contributed by atoms with van der Waals surface area (Å²) in [6.45, 7) is 6.47. The molecule has 0 saturated carbocycles. The van der Waals surface area contributed by atoms with Gasteiger partial charge in [-0.25, -0.2) is 0 Å². The van der Waals surface area contributed by atoms with Crippen LogP contribution in [0.25, 0.3) is 0 Å². The van der Waals surface area contributed by atoms with Crippen LogP contribution in [0.1, 0.15) is 38.8 Å². The third-order valence-electron chi connectivity index (χ3n) is 6.51. The van der Waals surface area contributed by atoms with Crippen LogP contribution in [0.4, 0.5) is 11.4 Å². The summed E-state index contributed by atoms with van der Waals surface area (Å²) in [5.74, 6) is 0.334. The van der Waals surface area contributed by atoms with E-state index in [1.54, 1.807) is 31.3 Å². The average Bonchev–Trinajstić information content (AvgIpc) is 2.91. The molecule has 1 fully saturated rings. The summed E-state index contributed by atoms with van der Waals surface area (Å²) in [4.78, 5) is 39.8. The summed E-state index contributed by atoms with van der Waals surface area (Å²) in [6, 6.07) is 18.5. The zero-order valence-electron chi connectivity index (χ0n) is 21.1. The van der Waals surface area contributed by atoms with Crippen molar-refractivity contribution in [2.75, 3.05) is 31.6 Å². The van der Waals surface area contributed by atoms with E-state index in [1.165, 1.54) is 29.2 Å². The molecule has 192 valence electrons. The molecule has 1 N–H and O–H groups in total. The van der Waals surface area contributed by atoms with E-state index in [0.29, 0.717) is 29.1 Å². The number of amides is 2. The van der Waals surface area contributed by atoms with E-state index in [1.807, 2.05) is 36.9 Å². The number of benzene rings is 3. The molecular formula is C28H30N4O5. The molecule has 0 radical (unpaired) electrons. The van der Waals surface area contributed by atoms with Gasteiger partial charge in [-0.2, -0.15) is 0 Å². The second-order valence-corrected chi connectivity index (χ2v) is 9.16. The minimum absolute atomic E-state index is 0.0121. The molecular weight excluding hydrogens is 472 g/mol. The summed E-state index contributed by atoms with van der Waals surface area (Å²) in [7, 11) is 1.64. The first kappa shape index (κ1) is 25.8. The Morgan fingerprint density at radius 1 is 1.11 bits per heavy atom. The number of nitro benzene ring substituents is 1. The van der Waals surface area contributed by atoms with Gasteiger partial charge in [0, 0.05) is 67.2 Å². The molecule has 9 nitrogen and oxygen atoms in total. The number of nitro groups is 1. The summed E-state index contributed by atoms with van der Waals surface area (Å²) in [6.07, 6.45) is 0. The second kappa shape index (κ2) is 11.2. The molecule has 0 bridgehead atoms. The van der Waals surface area contributed by atoms with Crippen molar-refractivity contribution in [1.29, 1.82) is 0 Å². The number of nitrogens with zero attached hydrogens (tertiary/aromatic N) is 3. The third-order valence-corrected chi connectivity index (χ3v) is 6.51. The van der Waals surface area contributed by atoms with Gasteiger partial charge in [-0.1, -0.05) is 17.7 Å². The van der Waals surface area contributed by atoms with Crippen molar-refractivity contribution in [2.24, 2.45) is 0 Å². The lowest BCUT2D eigenvalue weighted by atomic mass is 10.0. The minimum Gasteiger partial charge on any atom is -0.489 e. The van der Waals surface area contributed by atoms with Gasteiger partial charge in [-0.3, -0.25) is 19.7 Å². The van der Waals surface area contributed by atoms with Crippen LogP contribution < -0.4 is 15.0 Å². The van der Waals surface area contributed by atoms with E-state index < -0.39 is 4.92 Å². The fourth-order valence-corrected chi connectivity index (χ4v) is 4.28. The molecule has 1 heterocycles. The molecule has 1 saturated heterocycles. The van der Waals surface area contributed by atoms with Gasteiger partial charge in [0.15, 0.2) is 0 Å². The predicted molar refractivity (Wildman–Crippen MR) is 141 cm³/mol. The number of carbonyl (C=O) groups excluding carboxylic acids is 2. The highest BCUT2D eigenvalue weighted by molar-refractivity contribution is 6.05. The Hall–Kier alpha value is -4.24. The Morgan fingerprint density at radius 2 is 1.81 bits per heavy atom. The van der Waals surface area contributed by atoms with Crippen LogP contribution in [0.15, 0.2) is 66.7 Å². The first-order valence-corrected chi connectivity index (χ1v) is 12.1. The molecule has 0 aromatic heterocycles. The smallest absolute Gasteiger partial charge is 0.269 e. The molecule has 3 aromatic rings. The molecule has 9 heteroatoms. The molecule has 1 aliphatic heterocycles. The number of piperazine rings is 1. The highest BCUT2D eigenvalue weighted by Crippen LogP contribution is 2.23. The van der Waals surface area contributed by atoms with Crippen molar-refractivity contribution in [3.05, 3.63) is 99.1 Å². The first-order valence-electron chi connectivity index (χ1n) is 12.1. The molecule has 0 spiro atoms. The molecule has 1 atom stereocenters. The van der Waals surface area contributed by atoms with Gasteiger partial charge in [-0.05, 0) is 56.3 Å². The Kier molecular flexibility index (Phi) is 7.83. The van der Waals surface area contributed by atoms with E-state index in [2.05, 4.69) is 5.32 Å².